The first kappa shape index (κ1) is 14.6. The molecule has 0 saturated heterocycles. The number of hydrogen-bond acceptors (Lipinski definition) is 5. The van der Waals surface area contributed by atoms with Crippen LogP contribution in [0.5, 0.6) is 0 Å². The Labute approximate surface area is 117 Å². The molecule has 1 saturated carbocycles. The van der Waals surface area contributed by atoms with Crippen molar-refractivity contribution in [3.8, 4) is 0 Å². The van der Waals surface area contributed by atoms with Gasteiger partial charge in [0, 0.05) is 13.7 Å². The van der Waals surface area contributed by atoms with Crippen LogP contribution in [0.25, 0.3) is 0 Å². The van der Waals surface area contributed by atoms with Crippen molar-refractivity contribution in [3.63, 3.8) is 0 Å². The third kappa shape index (κ3) is 3.22. The van der Waals surface area contributed by atoms with Crippen molar-refractivity contribution >= 4 is 11.5 Å². The third-order valence-corrected chi connectivity index (χ3v) is 3.79. The molecule has 1 aromatic rings. The Balaban J connectivity index is 2.17. The molecule has 1 aromatic heterocycles. The van der Waals surface area contributed by atoms with Gasteiger partial charge in [-0.15, -0.1) is 0 Å². The van der Waals surface area contributed by atoms with E-state index in [1.54, 1.807) is 7.11 Å². The van der Waals surface area contributed by atoms with Crippen molar-refractivity contribution in [2.45, 2.75) is 26.3 Å². The highest BCUT2D eigenvalue weighted by atomic mass is 16.5. The topological polar surface area (TPSA) is 102 Å². The van der Waals surface area contributed by atoms with Gasteiger partial charge in [0.05, 0.1) is 13.2 Å². The van der Waals surface area contributed by atoms with E-state index in [9.17, 15) is 9.59 Å². The Morgan fingerprint density at radius 2 is 2.20 bits per heavy atom. The van der Waals surface area contributed by atoms with Gasteiger partial charge < -0.3 is 15.8 Å². The van der Waals surface area contributed by atoms with Gasteiger partial charge in [0.1, 0.15) is 11.5 Å². The van der Waals surface area contributed by atoms with Gasteiger partial charge in [0.15, 0.2) is 0 Å². The van der Waals surface area contributed by atoms with Gasteiger partial charge in [0.2, 0.25) is 0 Å². The molecule has 0 aliphatic heterocycles. The number of nitrogens with one attached hydrogen (secondary N) is 2. The van der Waals surface area contributed by atoms with Gasteiger partial charge in [-0.1, -0.05) is 6.92 Å². The van der Waals surface area contributed by atoms with E-state index in [2.05, 4.69) is 17.2 Å². The van der Waals surface area contributed by atoms with E-state index in [1.807, 2.05) is 0 Å². The lowest BCUT2D eigenvalue weighted by molar-refractivity contribution is 0.186. The van der Waals surface area contributed by atoms with E-state index in [-0.39, 0.29) is 11.5 Å². The van der Waals surface area contributed by atoms with Crippen LogP contribution in [0.2, 0.25) is 0 Å². The average Bonchev–Trinajstić information content (AvgIpc) is 3.22. The highest BCUT2D eigenvalue weighted by Crippen LogP contribution is 2.36. The minimum absolute atomic E-state index is 0.166. The van der Waals surface area contributed by atoms with Gasteiger partial charge in [-0.05, 0) is 24.7 Å². The van der Waals surface area contributed by atoms with Crippen molar-refractivity contribution in [2.24, 2.45) is 11.8 Å². The molecular weight excluding hydrogens is 260 g/mol. The SMILES string of the molecule is COCCn1c(N)c(NCC(C)C2CC2)c(=O)[nH]c1=O. The Bertz CT molecular complexity index is 574. The van der Waals surface area contributed by atoms with E-state index in [0.717, 1.165) is 5.92 Å². The molecule has 7 heteroatoms. The summed E-state index contributed by atoms with van der Waals surface area (Å²) < 4.78 is 6.25. The lowest BCUT2D eigenvalue weighted by Gasteiger charge is -2.16. The average molecular weight is 282 g/mol. The fraction of sp³-hybridized carbons (Fsp3) is 0.692. The van der Waals surface area contributed by atoms with Crippen molar-refractivity contribution in [2.75, 3.05) is 31.3 Å². The number of aromatic nitrogens is 2. The second-order valence-electron chi connectivity index (χ2n) is 5.36. The fourth-order valence-electron chi connectivity index (χ4n) is 2.26. The molecule has 0 bridgehead atoms. The van der Waals surface area contributed by atoms with Gasteiger partial charge in [0.25, 0.3) is 5.56 Å². The van der Waals surface area contributed by atoms with Crippen molar-refractivity contribution in [3.05, 3.63) is 20.8 Å². The fourth-order valence-corrected chi connectivity index (χ4v) is 2.26. The molecule has 1 fully saturated rings. The molecule has 0 spiro atoms. The van der Waals surface area contributed by atoms with E-state index >= 15 is 0 Å². The maximum absolute atomic E-state index is 11.8. The van der Waals surface area contributed by atoms with Crippen LogP contribution in [0.15, 0.2) is 9.59 Å². The zero-order valence-corrected chi connectivity index (χ0v) is 11.9. The lowest BCUT2D eigenvalue weighted by Crippen LogP contribution is -2.35. The molecule has 0 amide bonds. The maximum Gasteiger partial charge on any atom is 0.330 e. The highest BCUT2D eigenvalue weighted by molar-refractivity contribution is 5.60. The summed E-state index contributed by atoms with van der Waals surface area (Å²) in [5, 5.41) is 3.08. The molecule has 20 heavy (non-hydrogen) atoms. The van der Waals surface area contributed by atoms with Gasteiger partial charge >= 0.3 is 5.69 Å². The summed E-state index contributed by atoms with van der Waals surface area (Å²) in [5.41, 5.74) is 5.22. The first-order valence-corrected chi connectivity index (χ1v) is 6.90. The number of rotatable bonds is 7. The molecule has 112 valence electrons. The molecule has 1 aliphatic carbocycles. The van der Waals surface area contributed by atoms with E-state index < -0.39 is 11.2 Å². The molecule has 2 rings (SSSR count). The van der Waals surface area contributed by atoms with Crippen LogP contribution in [0, 0.1) is 11.8 Å². The van der Waals surface area contributed by atoms with Crippen LogP contribution in [0.1, 0.15) is 19.8 Å². The Kier molecular flexibility index (Phi) is 4.49. The monoisotopic (exact) mass is 282 g/mol. The largest absolute Gasteiger partial charge is 0.383 e. The number of hydrogen-bond donors (Lipinski definition) is 3. The first-order valence-electron chi connectivity index (χ1n) is 6.90. The van der Waals surface area contributed by atoms with Crippen molar-refractivity contribution < 1.29 is 4.74 Å². The van der Waals surface area contributed by atoms with E-state index in [0.29, 0.717) is 25.6 Å². The summed E-state index contributed by atoms with van der Waals surface area (Å²) in [6.07, 6.45) is 2.50. The van der Waals surface area contributed by atoms with Crippen LogP contribution in [0.3, 0.4) is 0 Å². The van der Waals surface area contributed by atoms with Crippen LogP contribution in [-0.2, 0) is 11.3 Å². The normalized spacial score (nSPS) is 16.1. The van der Waals surface area contributed by atoms with Gasteiger partial charge in [-0.25, -0.2) is 4.79 Å². The minimum atomic E-state index is -0.509. The van der Waals surface area contributed by atoms with Crippen LogP contribution >= 0.6 is 0 Å². The Hall–Kier alpha value is -1.76. The summed E-state index contributed by atoms with van der Waals surface area (Å²) in [4.78, 5) is 25.8. The molecule has 4 N–H and O–H groups in total. The van der Waals surface area contributed by atoms with E-state index in [1.165, 1.54) is 17.4 Å². The van der Waals surface area contributed by atoms with Crippen molar-refractivity contribution in [1.82, 2.24) is 9.55 Å². The maximum atomic E-state index is 11.8. The first-order chi connectivity index (χ1) is 9.54. The van der Waals surface area contributed by atoms with E-state index in [4.69, 9.17) is 10.5 Å². The summed E-state index contributed by atoms with van der Waals surface area (Å²) >= 11 is 0. The molecule has 1 heterocycles. The number of nitrogen functional groups attached to an aromatic ring is 1. The highest BCUT2D eigenvalue weighted by Gasteiger charge is 2.27. The van der Waals surface area contributed by atoms with Crippen LogP contribution < -0.4 is 22.3 Å². The number of nitrogens with zero attached hydrogens (tertiary/aromatic N) is 1. The molecule has 0 aromatic carbocycles. The number of H-pyrrole nitrogens is 1. The number of nitrogens with two attached hydrogens (primary N) is 1. The standard InChI is InChI=1S/C13H22N4O3/c1-8(9-3-4-9)7-15-10-11(14)17(5-6-20-2)13(19)16-12(10)18/h8-9,15H,3-7,14H2,1-2H3,(H,16,18,19). The molecule has 0 radical (unpaired) electrons. The summed E-state index contributed by atoms with van der Waals surface area (Å²) in [5.74, 6) is 1.40. The summed E-state index contributed by atoms with van der Waals surface area (Å²) in [7, 11) is 1.55. The van der Waals surface area contributed by atoms with Crippen LogP contribution in [0.4, 0.5) is 11.5 Å². The predicted octanol–water partition coefficient (Wildman–Crippen LogP) is 0.223. The molecule has 1 atom stereocenters. The lowest BCUT2D eigenvalue weighted by atomic mass is 10.1. The molecule has 1 unspecified atom stereocenters. The predicted molar refractivity (Wildman–Crippen MR) is 78.0 cm³/mol. The quantitative estimate of drug-likeness (QED) is 0.664. The zero-order valence-electron chi connectivity index (χ0n) is 11.9. The third-order valence-electron chi connectivity index (χ3n) is 3.79. The number of ether oxygens (including phenoxy) is 1. The van der Waals surface area contributed by atoms with Gasteiger partial charge in [-0.3, -0.25) is 14.3 Å². The number of aromatic amines is 1. The second-order valence-corrected chi connectivity index (χ2v) is 5.36. The second kappa shape index (κ2) is 6.13. The van der Waals surface area contributed by atoms with Gasteiger partial charge in [-0.2, -0.15) is 0 Å². The number of methoxy groups -OCH3 is 1. The summed E-state index contributed by atoms with van der Waals surface area (Å²) in [6, 6.07) is 0. The number of anilines is 2. The molecule has 1 aliphatic rings. The Morgan fingerprint density at radius 1 is 1.50 bits per heavy atom. The van der Waals surface area contributed by atoms with Crippen LogP contribution in [-0.4, -0.2) is 29.8 Å². The minimum Gasteiger partial charge on any atom is -0.383 e. The smallest absolute Gasteiger partial charge is 0.330 e. The zero-order chi connectivity index (χ0) is 14.7. The Morgan fingerprint density at radius 3 is 2.80 bits per heavy atom. The molecule has 7 nitrogen and oxygen atoms in total. The van der Waals surface area contributed by atoms with Crippen molar-refractivity contribution in [1.29, 1.82) is 0 Å². The molecular formula is C13H22N4O3. The summed E-state index contributed by atoms with van der Waals surface area (Å²) in [6.45, 7) is 3.50.